The second-order valence-corrected chi connectivity index (χ2v) is 7.53. The van der Waals surface area contributed by atoms with Crippen LogP contribution in [-0.2, 0) is 13.5 Å². The number of benzene rings is 1. The summed E-state index contributed by atoms with van der Waals surface area (Å²) in [6.07, 6.45) is 6.29. The van der Waals surface area contributed by atoms with Gasteiger partial charge in [-0.3, -0.25) is 9.67 Å². The molecule has 4 heterocycles. The largest absolute Gasteiger partial charge is 0.397 e. The van der Waals surface area contributed by atoms with Crippen molar-refractivity contribution in [1.82, 2.24) is 34.6 Å². The van der Waals surface area contributed by atoms with E-state index in [4.69, 9.17) is 5.73 Å². The van der Waals surface area contributed by atoms with E-state index in [0.717, 1.165) is 33.4 Å². The molecule has 0 saturated carbocycles. The highest BCUT2D eigenvalue weighted by atomic mass is 32.1. The van der Waals surface area contributed by atoms with Gasteiger partial charge in [-0.25, -0.2) is 0 Å². The first-order valence-electron chi connectivity index (χ1n) is 8.60. The maximum atomic E-state index is 5.74. The predicted molar refractivity (Wildman–Crippen MR) is 109 cm³/mol. The van der Waals surface area contributed by atoms with Crippen molar-refractivity contribution in [3.05, 3.63) is 65.8 Å². The van der Waals surface area contributed by atoms with Crippen LogP contribution in [0.1, 0.15) is 16.4 Å². The molecule has 2 N–H and O–H groups in total. The van der Waals surface area contributed by atoms with Crippen LogP contribution in [0, 0.1) is 0 Å². The topological polar surface area (TPSA) is 99.8 Å². The molecular formula is C19H16N8S. The summed E-state index contributed by atoms with van der Waals surface area (Å²) in [5.41, 5.74) is 10.3. The summed E-state index contributed by atoms with van der Waals surface area (Å²) < 4.78 is 3.51. The maximum Gasteiger partial charge on any atom is 0.235 e. The van der Waals surface area contributed by atoms with Crippen molar-refractivity contribution in [2.24, 2.45) is 12.8 Å². The van der Waals surface area contributed by atoms with Gasteiger partial charge >= 0.3 is 0 Å². The fraction of sp³-hybridized carbons (Fsp3) is 0.105. The highest BCUT2D eigenvalue weighted by Gasteiger charge is 2.13. The number of fused-ring (bicyclic) bond motifs is 2. The Morgan fingerprint density at radius 1 is 1.18 bits per heavy atom. The third kappa shape index (κ3) is 2.81. The second kappa shape index (κ2) is 6.24. The number of nitrogens with two attached hydrogens (primary N) is 1. The van der Waals surface area contributed by atoms with Crippen LogP contribution in [-0.4, -0.2) is 34.6 Å². The van der Waals surface area contributed by atoms with Gasteiger partial charge in [-0.05, 0) is 23.8 Å². The number of rotatable bonds is 4. The summed E-state index contributed by atoms with van der Waals surface area (Å²) in [5.74, 6) is 0.759. The molecule has 0 unspecified atom stereocenters. The van der Waals surface area contributed by atoms with Crippen molar-refractivity contribution in [3.63, 3.8) is 0 Å². The average Bonchev–Trinajstić information content (AvgIpc) is 3.38. The first-order chi connectivity index (χ1) is 13.6. The van der Waals surface area contributed by atoms with E-state index in [1.807, 2.05) is 31.7 Å². The van der Waals surface area contributed by atoms with E-state index in [1.54, 1.807) is 9.20 Å². The van der Waals surface area contributed by atoms with E-state index < -0.39 is 0 Å². The quantitative estimate of drug-likeness (QED) is 0.508. The summed E-state index contributed by atoms with van der Waals surface area (Å²) in [4.78, 5) is 5.28. The van der Waals surface area contributed by atoms with Gasteiger partial charge < -0.3 is 5.73 Å². The Morgan fingerprint density at radius 3 is 2.86 bits per heavy atom. The van der Waals surface area contributed by atoms with Crippen molar-refractivity contribution in [2.75, 3.05) is 0 Å². The Labute approximate surface area is 164 Å². The third-order valence-corrected chi connectivity index (χ3v) is 5.45. The lowest BCUT2D eigenvalue weighted by molar-refractivity contribution is 0.768. The monoisotopic (exact) mass is 388 g/mol. The van der Waals surface area contributed by atoms with Crippen molar-refractivity contribution in [2.45, 2.75) is 6.42 Å². The Morgan fingerprint density at radius 2 is 2.07 bits per heavy atom. The molecule has 0 aliphatic rings. The summed E-state index contributed by atoms with van der Waals surface area (Å²) in [7, 11) is 1.90. The predicted octanol–water partition coefficient (Wildman–Crippen LogP) is 2.65. The minimum Gasteiger partial charge on any atom is -0.397 e. The fourth-order valence-corrected chi connectivity index (χ4v) is 3.84. The summed E-state index contributed by atoms with van der Waals surface area (Å²) in [5, 5.41) is 18.9. The van der Waals surface area contributed by atoms with E-state index in [9.17, 15) is 0 Å². The standard InChI is InChI=1S/C19H16N8S/c1-11(20)18-25-27-17(23-24-19(27)28-18)6-12-3-4-16-13(5-12)7-14(8-21-16)15-9-22-26(2)10-15/h3-5,7-10H,1,6,20H2,2H3. The van der Waals surface area contributed by atoms with Gasteiger partial charge in [0.25, 0.3) is 0 Å². The number of hydrogen-bond donors (Lipinski definition) is 1. The molecule has 0 amide bonds. The normalized spacial score (nSPS) is 11.5. The van der Waals surface area contributed by atoms with Gasteiger partial charge in [0.1, 0.15) is 0 Å². The van der Waals surface area contributed by atoms with Gasteiger partial charge in [0.05, 0.1) is 17.4 Å². The third-order valence-electron chi connectivity index (χ3n) is 4.48. The number of aryl methyl sites for hydroxylation is 1. The SMILES string of the molecule is C=C(N)c1nn2c(Cc3ccc4ncc(-c5cnn(C)c5)cc4c3)nnc2s1. The minimum absolute atomic E-state index is 0.432. The lowest BCUT2D eigenvalue weighted by atomic mass is 10.0. The van der Waals surface area contributed by atoms with Crippen LogP contribution >= 0.6 is 11.3 Å². The fourth-order valence-electron chi connectivity index (χ4n) is 3.10. The first kappa shape index (κ1) is 16.6. The molecule has 1 aromatic carbocycles. The van der Waals surface area contributed by atoms with Crippen LogP contribution in [0.3, 0.4) is 0 Å². The summed E-state index contributed by atoms with van der Waals surface area (Å²) >= 11 is 1.38. The molecular weight excluding hydrogens is 372 g/mol. The van der Waals surface area contributed by atoms with E-state index in [1.165, 1.54) is 11.3 Å². The molecule has 28 heavy (non-hydrogen) atoms. The molecule has 0 saturated heterocycles. The minimum atomic E-state index is 0.432. The van der Waals surface area contributed by atoms with Gasteiger partial charge in [0.15, 0.2) is 10.8 Å². The molecule has 5 rings (SSSR count). The van der Waals surface area contributed by atoms with Gasteiger partial charge in [-0.1, -0.05) is 24.0 Å². The molecule has 138 valence electrons. The Hall–Kier alpha value is -3.59. The zero-order chi connectivity index (χ0) is 19.3. The number of nitrogens with zero attached hydrogens (tertiary/aromatic N) is 7. The zero-order valence-corrected chi connectivity index (χ0v) is 15.9. The lowest BCUT2D eigenvalue weighted by Crippen LogP contribution is -2.00. The van der Waals surface area contributed by atoms with Crippen LogP contribution in [0.25, 0.3) is 32.7 Å². The summed E-state index contributed by atoms with van der Waals surface area (Å²) in [6.45, 7) is 3.73. The van der Waals surface area contributed by atoms with Crippen LogP contribution in [0.2, 0.25) is 0 Å². The van der Waals surface area contributed by atoms with E-state index in [-0.39, 0.29) is 0 Å². The maximum absolute atomic E-state index is 5.74. The Kier molecular flexibility index (Phi) is 3.69. The van der Waals surface area contributed by atoms with Crippen molar-refractivity contribution in [3.8, 4) is 11.1 Å². The average molecular weight is 388 g/mol. The second-order valence-electron chi connectivity index (χ2n) is 6.57. The zero-order valence-electron chi connectivity index (χ0n) is 15.1. The van der Waals surface area contributed by atoms with Crippen LogP contribution in [0.4, 0.5) is 0 Å². The Balaban J connectivity index is 1.51. The molecule has 0 radical (unpaired) electrons. The number of hydrogen-bond acceptors (Lipinski definition) is 7. The number of aromatic nitrogens is 7. The Bertz CT molecular complexity index is 1340. The molecule has 0 aliphatic heterocycles. The molecule has 0 atom stereocenters. The van der Waals surface area contributed by atoms with Gasteiger partial charge in [0.2, 0.25) is 4.96 Å². The van der Waals surface area contributed by atoms with Crippen molar-refractivity contribution in [1.29, 1.82) is 0 Å². The van der Waals surface area contributed by atoms with E-state index in [2.05, 4.69) is 50.2 Å². The highest BCUT2D eigenvalue weighted by Crippen LogP contribution is 2.24. The van der Waals surface area contributed by atoms with Crippen LogP contribution in [0.15, 0.2) is 49.4 Å². The highest BCUT2D eigenvalue weighted by molar-refractivity contribution is 7.17. The van der Waals surface area contributed by atoms with Crippen LogP contribution in [0.5, 0.6) is 0 Å². The van der Waals surface area contributed by atoms with E-state index in [0.29, 0.717) is 22.1 Å². The van der Waals surface area contributed by atoms with Gasteiger partial charge in [-0.15, -0.1) is 10.2 Å². The molecule has 8 nitrogen and oxygen atoms in total. The molecule has 0 spiro atoms. The molecule has 0 aliphatic carbocycles. The lowest BCUT2D eigenvalue weighted by Gasteiger charge is -2.04. The van der Waals surface area contributed by atoms with E-state index >= 15 is 0 Å². The van der Waals surface area contributed by atoms with Crippen molar-refractivity contribution >= 4 is 32.9 Å². The molecule has 0 fully saturated rings. The van der Waals surface area contributed by atoms with Gasteiger partial charge in [0, 0.05) is 42.4 Å². The molecule has 9 heteroatoms. The summed E-state index contributed by atoms with van der Waals surface area (Å²) in [6, 6.07) is 8.32. The molecule has 4 aromatic heterocycles. The first-order valence-corrected chi connectivity index (χ1v) is 9.42. The van der Waals surface area contributed by atoms with Gasteiger partial charge in [-0.2, -0.15) is 14.7 Å². The van der Waals surface area contributed by atoms with Crippen LogP contribution < -0.4 is 5.73 Å². The smallest absolute Gasteiger partial charge is 0.235 e. The molecule has 5 aromatic rings. The van der Waals surface area contributed by atoms with Crippen molar-refractivity contribution < 1.29 is 0 Å². The number of pyridine rings is 1. The molecule has 0 bridgehead atoms.